The average molecular weight is 384 g/mol. The Morgan fingerprint density at radius 2 is 2.14 bits per heavy atom. The zero-order valence-electron chi connectivity index (χ0n) is 10.9. The molecule has 0 spiro atoms. The summed E-state index contributed by atoms with van der Waals surface area (Å²) in [6.07, 6.45) is -3.19. The number of rotatable bonds is 5. The molecular weight excluding hydrogens is 372 g/mol. The molecule has 122 valence electrons. The van der Waals surface area contributed by atoms with Crippen molar-refractivity contribution in [2.45, 2.75) is 18.1 Å². The Labute approximate surface area is 130 Å². The summed E-state index contributed by atoms with van der Waals surface area (Å²) >= 11 is 2.91. The molecule has 1 rings (SSSR count). The number of carbonyl (C=O) groups is 1. The minimum absolute atomic E-state index is 0.00202. The topological polar surface area (TPSA) is 139 Å². The SMILES string of the molecule is Nc1nc(=O)n(C(=O)C(F)(F)[C@H](O)[C@H](O)CO)cc1/C=C/Br. The first-order valence-electron chi connectivity index (χ1n) is 5.72. The first kappa shape index (κ1) is 18.4. The van der Waals surface area contributed by atoms with Crippen LogP contribution in [0.2, 0.25) is 0 Å². The lowest BCUT2D eigenvalue weighted by molar-refractivity contribution is -0.136. The summed E-state index contributed by atoms with van der Waals surface area (Å²) in [6, 6.07) is 0. The van der Waals surface area contributed by atoms with Gasteiger partial charge in [0.25, 0.3) is 0 Å². The zero-order valence-corrected chi connectivity index (χ0v) is 12.4. The van der Waals surface area contributed by atoms with Crippen LogP contribution in [-0.2, 0) is 0 Å². The summed E-state index contributed by atoms with van der Waals surface area (Å²) in [6.45, 7) is -1.20. The van der Waals surface area contributed by atoms with Crippen LogP contribution in [0.1, 0.15) is 10.4 Å². The van der Waals surface area contributed by atoms with Gasteiger partial charge in [-0.1, -0.05) is 15.9 Å². The van der Waals surface area contributed by atoms with E-state index in [-0.39, 0.29) is 15.9 Å². The molecule has 0 bridgehead atoms. The third kappa shape index (κ3) is 3.55. The molecule has 0 aliphatic heterocycles. The summed E-state index contributed by atoms with van der Waals surface area (Å²) in [5, 5.41) is 26.8. The van der Waals surface area contributed by atoms with Gasteiger partial charge in [0.2, 0.25) is 0 Å². The maximum Gasteiger partial charge on any atom is 0.356 e. The van der Waals surface area contributed by atoms with Crippen LogP contribution >= 0.6 is 15.9 Å². The van der Waals surface area contributed by atoms with Crippen molar-refractivity contribution in [3.05, 3.63) is 27.2 Å². The van der Waals surface area contributed by atoms with Gasteiger partial charge < -0.3 is 21.1 Å². The van der Waals surface area contributed by atoms with Crippen molar-refractivity contribution in [3.8, 4) is 0 Å². The van der Waals surface area contributed by atoms with Crippen molar-refractivity contribution in [3.63, 3.8) is 0 Å². The molecule has 0 unspecified atom stereocenters. The molecule has 0 aromatic carbocycles. The summed E-state index contributed by atoms with van der Waals surface area (Å²) in [4.78, 5) is 27.8. The molecule has 2 atom stereocenters. The third-order valence-corrected chi connectivity index (χ3v) is 2.92. The number of hydrogen-bond acceptors (Lipinski definition) is 7. The Kier molecular flexibility index (Phi) is 5.88. The highest BCUT2D eigenvalue weighted by Crippen LogP contribution is 2.23. The molecule has 0 saturated carbocycles. The number of aromatic nitrogens is 2. The molecule has 0 aliphatic rings. The Bertz CT molecular complexity index is 649. The van der Waals surface area contributed by atoms with Crippen LogP contribution in [0.5, 0.6) is 0 Å². The second-order valence-corrected chi connectivity index (χ2v) is 4.68. The summed E-state index contributed by atoms with van der Waals surface area (Å²) in [5.41, 5.74) is 4.02. The molecular formula is C11H12BrF2N3O5. The van der Waals surface area contributed by atoms with E-state index in [1.165, 1.54) is 11.1 Å². The second kappa shape index (κ2) is 7.05. The van der Waals surface area contributed by atoms with Crippen LogP contribution in [0, 0.1) is 0 Å². The van der Waals surface area contributed by atoms with Crippen LogP contribution in [0.4, 0.5) is 14.6 Å². The van der Waals surface area contributed by atoms with Crippen molar-refractivity contribution in [1.29, 1.82) is 0 Å². The van der Waals surface area contributed by atoms with Crippen LogP contribution < -0.4 is 11.4 Å². The lowest BCUT2D eigenvalue weighted by atomic mass is 10.1. The molecule has 5 N–H and O–H groups in total. The monoisotopic (exact) mass is 383 g/mol. The van der Waals surface area contributed by atoms with Gasteiger partial charge in [-0.15, -0.1) is 0 Å². The fourth-order valence-corrected chi connectivity index (χ4v) is 1.74. The Balaban J connectivity index is 3.33. The van der Waals surface area contributed by atoms with E-state index in [1.54, 1.807) is 0 Å². The smallest absolute Gasteiger partial charge is 0.356 e. The van der Waals surface area contributed by atoms with Crippen molar-refractivity contribution in [2.24, 2.45) is 0 Å². The van der Waals surface area contributed by atoms with Crippen LogP contribution in [0.3, 0.4) is 0 Å². The quantitative estimate of drug-likeness (QED) is 0.520. The maximum absolute atomic E-state index is 13.8. The minimum Gasteiger partial charge on any atom is -0.394 e. The number of nitrogens with two attached hydrogens (primary N) is 1. The zero-order chi connectivity index (χ0) is 17.1. The van der Waals surface area contributed by atoms with E-state index >= 15 is 0 Å². The first-order chi connectivity index (χ1) is 10.2. The van der Waals surface area contributed by atoms with E-state index in [1.807, 2.05) is 0 Å². The normalized spacial score (nSPS) is 15.0. The third-order valence-electron chi connectivity index (χ3n) is 2.66. The molecule has 1 heterocycles. The summed E-state index contributed by atoms with van der Waals surface area (Å²) < 4.78 is 27.6. The Hall–Kier alpha value is -1.69. The van der Waals surface area contributed by atoms with E-state index in [2.05, 4.69) is 20.9 Å². The van der Waals surface area contributed by atoms with Gasteiger partial charge in [0.05, 0.1) is 6.61 Å². The van der Waals surface area contributed by atoms with Crippen molar-refractivity contribution in [2.75, 3.05) is 12.3 Å². The van der Waals surface area contributed by atoms with Gasteiger partial charge in [-0.2, -0.15) is 13.8 Å². The standard InChI is InChI=1S/C11H12BrF2N3O5/c12-2-1-5-3-17(10(22)16-8(5)15)9(21)11(13,14)7(20)6(19)4-18/h1-3,6-7,18-20H,4H2,(H2,15,16,22)/b2-1+/t6-,7-/m1/s1. The van der Waals surface area contributed by atoms with Crippen molar-refractivity contribution in [1.82, 2.24) is 9.55 Å². The molecule has 8 nitrogen and oxygen atoms in total. The predicted molar refractivity (Wildman–Crippen MR) is 75.5 cm³/mol. The molecule has 22 heavy (non-hydrogen) atoms. The van der Waals surface area contributed by atoms with Crippen LogP contribution in [-0.4, -0.2) is 55.5 Å². The molecule has 1 aromatic rings. The highest BCUT2D eigenvalue weighted by molar-refractivity contribution is 9.11. The number of halogens is 3. The molecule has 11 heteroatoms. The summed E-state index contributed by atoms with van der Waals surface area (Å²) in [5.74, 6) is -6.93. The number of nitrogens with zero attached hydrogens (tertiary/aromatic N) is 2. The molecule has 0 amide bonds. The van der Waals surface area contributed by atoms with Crippen LogP contribution in [0.25, 0.3) is 6.08 Å². The number of aliphatic hydroxyl groups is 3. The van der Waals surface area contributed by atoms with E-state index in [0.29, 0.717) is 0 Å². The highest BCUT2D eigenvalue weighted by atomic mass is 79.9. The highest BCUT2D eigenvalue weighted by Gasteiger charge is 2.51. The van der Waals surface area contributed by atoms with Crippen molar-refractivity contribution >= 4 is 33.7 Å². The molecule has 0 fully saturated rings. The van der Waals surface area contributed by atoms with Gasteiger partial charge in [-0.05, 0) is 11.1 Å². The number of nitrogen functional groups attached to an aromatic ring is 1. The number of carbonyl (C=O) groups excluding carboxylic acids is 1. The van der Waals surface area contributed by atoms with Gasteiger partial charge in [0.15, 0.2) is 6.10 Å². The van der Waals surface area contributed by atoms with Gasteiger partial charge in [-0.25, -0.2) is 9.36 Å². The van der Waals surface area contributed by atoms with Crippen molar-refractivity contribution < 1.29 is 28.9 Å². The molecule has 0 aliphatic carbocycles. The maximum atomic E-state index is 13.8. The minimum atomic E-state index is -4.53. The number of hydrogen-bond donors (Lipinski definition) is 4. The van der Waals surface area contributed by atoms with Gasteiger partial charge in [0, 0.05) is 11.8 Å². The fraction of sp³-hybridized carbons (Fsp3) is 0.364. The second-order valence-electron chi connectivity index (χ2n) is 4.15. The summed E-state index contributed by atoms with van der Waals surface area (Å²) in [7, 11) is 0. The lowest BCUT2D eigenvalue weighted by Gasteiger charge is -2.24. The Morgan fingerprint density at radius 1 is 1.55 bits per heavy atom. The van der Waals surface area contributed by atoms with E-state index in [9.17, 15) is 23.5 Å². The Morgan fingerprint density at radius 3 is 2.64 bits per heavy atom. The molecule has 0 radical (unpaired) electrons. The average Bonchev–Trinajstić information content (AvgIpc) is 2.47. The molecule has 1 aromatic heterocycles. The largest absolute Gasteiger partial charge is 0.394 e. The first-order valence-corrected chi connectivity index (χ1v) is 6.63. The van der Waals surface area contributed by atoms with Gasteiger partial charge in [-0.3, -0.25) is 4.79 Å². The number of anilines is 1. The van der Waals surface area contributed by atoms with E-state index < -0.39 is 36.3 Å². The van der Waals surface area contributed by atoms with E-state index in [4.69, 9.17) is 15.9 Å². The number of alkyl halides is 2. The number of aliphatic hydroxyl groups excluding tert-OH is 3. The lowest BCUT2D eigenvalue weighted by Crippen LogP contribution is -2.53. The molecule has 0 saturated heterocycles. The van der Waals surface area contributed by atoms with E-state index in [0.717, 1.165) is 6.20 Å². The fourth-order valence-electron chi connectivity index (χ4n) is 1.45. The van der Waals surface area contributed by atoms with Crippen LogP contribution in [0.15, 0.2) is 16.0 Å². The predicted octanol–water partition coefficient (Wildman–Crippen LogP) is -0.819. The van der Waals surface area contributed by atoms with Gasteiger partial charge >= 0.3 is 17.5 Å². The van der Waals surface area contributed by atoms with Gasteiger partial charge in [0.1, 0.15) is 11.9 Å².